The number of carbonyl (C=O) groups is 1. The molecule has 0 aromatic heterocycles. The molecule has 0 saturated carbocycles. The molecule has 1 heterocycles. The van der Waals surface area contributed by atoms with Crippen LogP contribution in [-0.4, -0.2) is 36.9 Å². The van der Waals surface area contributed by atoms with E-state index >= 15 is 0 Å². The van der Waals surface area contributed by atoms with Crippen molar-refractivity contribution in [1.82, 2.24) is 0 Å². The minimum atomic E-state index is -2.80. The first kappa shape index (κ1) is 10.2. The van der Waals surface area contributed by atoms with Gasteiger partial charge in [0.2, 0.25) is 0 Å². The van der Waals surface area contributed by atoms with Gasteiger partial charge in [0.05, 0.1) is 28.7 Å². The number of benzene rings is 1. The fraction of sp³-hybridized carbons (Fsp3) is 0.562. The van der Waals surface area contributed by atoms with E-state index in [9.17, 15) is 4.79 Å². The van der Waals surface area contributed by atoms with Gasteiger partial charge in [0.1, 0.15) is 0 Å². The first-order valence-corrected chi connectivity index (χ1v) is 6.67. The number of aryl methyl sites for hydroxylation is 2. The largest absolute Gasteiger partial charge is 1.00 e. The quantitative estimate of drug-likeness (QED) is 0.550. The molecule has 0 bridgehead atoms. The Morgan fingerprint density at radius 2 is 1.95 bits per heavy atom. The number of nitrogens with one attached hydrogen (secondary N) is 1. The van der Waals surface area contributed by atoms with E-state index in [1.165, 1.54) is 0 Å². The van der Waals surface area contributed by atoms with Gasteiger partial charge in [-0.3, -0.25) is 4.79 Å². The van der Waals surface area contributed by atoms with Gasteiger partial charge < -0.3 is 33.8 Å². The zero-order chi connectivity index (χ0) is 19.0. The van der Waals surface area contributed by atoms with Gasteiger partial charge in [0.25, 0.3) is 5.91 Å². The maximum absolute atomic E-state index is 13.0. The Kier molecular flexibility index (Phi) is 3.50. The Hall–Kier alpha value is -0.620. The fourth-order valence-electron chi connectivity index (χ4n) is 2.62. The number of nitrogens with zero attached hydrogens (tertiary/aromatic N) is 1. The van der Waals surface area contributed by atoms with Gasteiger partial charge >= 0.3 is 0 Å². The Balaban J connectivity index is 0.00000338. The van der Waals surface area contributed by atoms with E-state index in [1.807, 2.05) is 32.0 Å². The number of halogens is 1. The summed E-state index contributed by atoms with van der Waals surface area (Å²) in [6.45, 7) is -1.96. The summed E-state index contributed by atoms with van der Waals surface area (Å²) in [5.74, 6) is -0.538. The molecular formula is C16H25IN2O. The molecule has 20 heavy (non-hydrogen) atoms. The SMILES string of the molecule is [2H]C([2H])([2H])[N+]1(C([2H])([2H])[2H])CCCCC1C(=O)Nc1c(C)cccc1C.[I-]. The Morgan fingerprint density at radius 1 is 1.30 bits per heavy atom. The lowest BCUT2D eigenvalue weighted by Crippen LogP contribution is -3.00. The molecule has 1 aliphatic heterocycles. The number of hydrogen-bond acceptors (Lipinski definition) is 1. The highest BCUT2D eigenvalue weighted by Crippen LogP contribution is 2.25. The lowest BCUT2D eigenvalue weighted by atomic mass is 9.99. The average Bonchev–Trinajstić information content (AvgIpc) is 2.48. The van der Waals surface area contributed by atoms with Crippen LogP contribution < -0.4 is 29.3 Å². The van der Waals surface area contributed by atoms with Gasteiger partial charge in [0.15, 0.2) is 6.04 Å². The van der Waals surface area contributed by atoms with E-state index in [1.54, 1.807) is 0 Å². The number of hydrogen-bond donors (Lipinski definition) is 1. The van der Waals surface area contributed by atoms with E-state index in [4.69, 9.17) is 8.22 Å². The summed E-state index contributed by atoms with van der Waals surface area (Å²) in [6.07, 6.45) is 1.36. The third kappa shape index (κ3) is 3.73. The number of likely N-dealkylation sites (N-methyl/N-ethyl adjacent to an activating group) is 1. The normalized spacial score (nSPS) is 26.6. The lowest BCUT2D eigenvalue weighted by Gasteiger charge is -2.40. The lowest BCUT2D eigenvalue weighted by molar-refractivity contribution is -0.910. The summed E-state index contributed by atoms with van der Waals surface area (Å²) >= 11 is 0. The van der Waals surface area contributed by atoms with Gasteiger partial charge in [0, 0.05) is 12.1 Å². The van der Waals surface area contributed by atoms with Crippen LogP contribution in [0, 0.1) is 13.8 Å². The summed E-state index contributed by atoms with van der Waals surface area (Å²) in [4.78, 5) is 13.0. The summed E-state index contributed by atoms with van der Waals surface area (Å²) < 4.78 is 46.1. The van der Waals surface area contributed by atoms with Crippen molar-refractivity contribution < 1.29 is 41.5 Å². The zero-order valence-electron chi connectivity index (χ0n) is 17.9. The van der Waals surface area contributed by atoms with Gasteiger partial charge in [-0.25, -0.2) is 0 Å². The smallest absolute Gasteiger partial charge is 0.282 e. The first-order chi connectivity index (χ1) is 11.4. The number of quaternary nitrogens is 1. The monoisotopic (exact) mass is 394 g/mol. The summed E-state index contributed by atoms with van der Waals surface area (Å²) in [5.41, 5.74) is 2.32. The average molecular weight is 394 g/mol. The molecule has 3 nitrogen and oxygen atoms in total. The van der Waals surface area contributed by atoms with Crippen LogP contribution in [0.1, 0.15) is 38.6 Å². The highest BCUT2D eigenvalue weighted by atomic mass is 127. The van der Waals surface area contributed by atoms with Crippen LogP contribution >= 0.6 is 0 Å². The Morgan fingerprint density at radius 3 is 2.55 bits per heavy atom. The van der Waals surface area contributed by atoms with Crippen LogP contribution in [0.2, 0.25) is 0 Å². The Bertz CT molecular complexity index is 625. The van der Waals surface area contributed by atoms with Crippen molar-refractivity contribution in [3.05, 3.63) is 29.3 Å². The van der Waals surface area contributed by atoms with Gasteiger partial charge in [-0.15, -0.1) is 0 Å². The molecular weight excluding hydrogens is 363 g/mol. The predicted molar refractivity (Wildman–Crippen MR) is 79.2 cm³/mol. The minimum Gasteiger partial charge on any atom is -1.00 e. The molecule has 0 spiro atoms. The molecule has 1 aromatic rings. The fourth-order valence-corrected chi connectivity index (χ4v) is 2.62. The molecule has 1 amide bonds. The van der Waals surface area contributed by atoms with E-state index in [0.29, 0.717) is 18.5 Å². The van der Waals surface area contributed by atoms with E-state index in [2.05, 4.69) is 5.32 Å². The van der Waals surface area contributed by atoms with Crippen molar-refractivity contribution in [2.75, 3.05) is 25.8 Å². The van der Waals surface area contributed by atoms with Gasteiger partial charge in [-0.1, -0.05) is 18.2 Å². The van der Waals surface area contributed by atoms with Crippen LogP contribution in [0.15, 0.2) is 18.2 Å². The third-order valence-corrected chi connectivity index (χ3v) is 3.80. The summed E-state index contributed by atoms with van der Waals surface area (Å²) in [7, 11) is 0. The third-order valence-electron chi connectivity index (χ3n) is 3.80. The molecule has 4 heteroatoms. The molecule has 0 radical (unpaired) electrons. The molecule has 1 atom stereocenters. The van der Waals surface area contributed by atoms with Crippen molar-refractivity contribution in [2.45, 2.75) is 39.2 Å². The number of anilines is 1. The molecule has 112 valence electrons. The van der Waals surface area contributed by atoms with Crippen molar-refractivity contribution in [1.29, 1.82) is 0 Å². The number of carbonyl (C=O) groups excluding carboxylic acids is 1. The highest BCUT2D eigenvalue weighted by Gasteiger charge is 2.37. The highest BCUT2D eigenvalue weighted by molar-refractivity contribution is 5.95. The number of likely N-dealkylation sites (tertiary alicyclic amines) is 1. The molecule has 0 aliphatic carbocycles. The van der Waals surface area contributed by atoms with E-state index < -0.39 is 30.4 Å². The number of rotatable bonds is 2. The second-order valence-corrected chi connectivity index (χ2v) is 5.36. The van der Waals surface area contributed by atoms with Crippen molar-refractivity contribution in [3.8, 4) is 0 Å². The maximum Gasteiger partial charge on any atom is 0.282 e. The molecule has 1 saturated heterocycles. The minimum absolute atomic E-state index is 0. The van der Waals surface area contributed by atoms with Crippen molar-refractivity contribution in [3.63, 3.8) is 0 Å². The van der Waals surface area contributed by atoms with Crippen LogP contribution in [-0.2, 0) is 4.79 Å². The van der Waals surface area contributed by atoms with Crippen molar-refractivity contribution >= 4 is 11.6 Å². The van der Waals surface area contributed by atoms with Crippen molar-refractivity contribution in [2.24, 2.45) is 0 Å². The van der Waals surface area contributed by atoms with Gasteiger partial charge in [-0.05, 0) is 37.8 Å². The van der Waals surface area contributed by atoms with Crippen LogP contribution in [0.3, 0.4) is 0 Å². The molecule has 2 rings (SSSR count). The van der Waals surface area contributed by atoms with Crippen LogP contribution in [0.25, 0.3) is 0 Å². The zero-order valence-corrected chi connectivity index (χ0v) is 14.0. The second kappa shape index (κ2) is 6.89. The van der Waals surface area contributed by atoms with E-state index in [0.717, 1.165) is 11.1 Å². The standard InChI is InChI=1S/C16H24N2O.HI/c1-12-8-7-9-13(2)15(12)17-16(19)14-10-5-6-11-18(14,3)4;/h7-9,14H,5-6,10-11H2,1-4H3;1H/i3D3,4D3;. The molecule has 1 unspecified atom stereocenters. The van der Waals surface area contributed by atoms with Crippen LogP contribution in [0.5, 0.6) is 0 Å². The number of para-hydroxylation sites is 1. The van der Waals surface area contributed by atoms with Crippen LogP contribution in [0.4, 0.5) is 5.69 Å². The summed E-state index contributed by atoms with van der Waals surface area (Å²) in [6, 6.07) is 4.43. The second-order valence-electron chi connectivity index (χ2n) is 5.36. The number of piperidine rings is 1. The van der Waals surface area contributed by atoms with E-state index in [-0.39, 0.29) is 36.9 Å². The summed E-state index contributed by atoms with van der Waals surface area (Å²) in [5, 5.41) is 2.79. The molecule has 1 N–H and O–H groups in total. The predicted octanol–water partition coefficient (Wildman–Crippen LogP) is -0.125. The molecule has 1 aromatic carbocycles. The molecule has 1 fully saturated rings. The first-order valence-electron chi connectivity index (χ1n) is 9.67. The van der Waals surface area contributed by atoms with Gasteiger partial charge in [-0.2, -0.15) is 0 Å². The Labute approximate surface area is 147 Å². The number of amides is 1. The topological polar surface area (TPSA) is 29.1 Å². The molecule has 1 aliphatic rings. The maximum atomic E-state index is 13.0.